The number of nitrogens with zero attached hydrogens (tertiary/aromatic N) is 1. The summed E-state index contributed by atoms with van der Waals surface area (Å²) in [6.45, 7) is 4.05. The van der Waals surface area contributed by atoms with E-state index >= 15 is 0 Å². The van der Waals surface area contributed by atoms with Crippen LogP contribution in [0.25, 0.3) is 0 Å². The first-order valence-corrected chi connectivity index (χ1v) is 8.99. The third kappa shape index (κ3) is 4.50. The van der Waals surface area contributed by atoms with Crippen molar-refractivity contribution in [3.8, 4) is 0 Å². The number of H-pyrrole nitrogens is 1. The van der Waals surface area contributed by atoms with Crippen LogP contribution in [-0.4, -0.2) is 49.7 Å². The fourth-order valence-corrected chi connectivity index (χ4v) is 3.43. The minimum Gasteiger partial charge on any atom is -0.462 e. The third-order valence-electron chi connectivity index (χ3n) is 2.44. The van der Waals surface area contributed by atoms with Gasteiger partial charge in [-0.2, -0.15) is 16.9 Å². The molecule has 2 N–H and O–H groups in total. The molecule has 0 amide bonds. The molecule has 0 radical (unpaired) electrons. The number of hydrogen-bond acceptors (Lipinski definition) is 6. The van der Waals surface area contributed by atoms with Crippen molar-refractivity contribution in [3.63, 3.8) is 0 Å². The Balaban J connectivity index is 2.83. The SMILES string of the molecule is CCOC(=O)c1cn[nH]c1S(=O)(=O)NCC(C)CSC. The number of aromatic amines is 1. The van der Waals surface area contributed by atoms with Gasteiger partial charge in [-0.05, 0) is 24.9 Å². The number of esters is 1. The van der Waals surface area contributed by atoms with Crippen LogP contribution in [-0.2, 0) is 14.8 Å². The van der Waals surface area contributed by atoms with Gasteiger partial charge in [-0.3, -0.25) is 5.10 Å². The first-order chi connectivity index (χ1) is 9.42. The molecule has 0 aliphatic carbocycles. The normalized spacial score (nSPS) is 13.2. The Hall–Kier alpha value is -1.06. The number of rotatable bonds is 8. The maximum Gasteiger partial charge on any atom is 0.342 e. The van der Waals surface area contributed by atoms with Gasteiger partial charge in [0.2, 0.25) is 0 Å². The molecule has 0 saturated carbocycles. The molecule has 7 nitrogen and oxygen atoms in total. The van der Waals surface area contributed by atoms with E-state index in [-0.39, 0.29) is 23.1 Å². The minimum atomic E-state index is -3.80. The second-order valence-electron chi connectivity index (χ2n) is 4.25. The smallest absolute Gasteiger partial charge is 0.342 e. The van der Waals surface area contributed by atoms with E-state index in [0.717, 1.165) is 11.9 Å². The van der Waals surface area contributed by atoms with Crippen LogP contribution in [0.2, 0.25) is 0 Å². The lowest BCUT2D eigenvalue weighted by Gasteiger charge is -2.11. The number of aromatic nitrogens is 2. The number of nitrogens with one attached hydrogen (secondary N) is 2. The fraction of sp³-hybridized carbons (Fsp3) is 0.636. The van der Waals surface area contributed by atoms with Gasteiger partial charge in [-0.1, -0.05) is 6.92 Å². The molecule has 0 fully saturated rings. The summed E-state index contributed by atoms with van der Waals surface area (Å²) in [4.78, 5) is 11.6. The van der Waals surface area contributed by atoms with E-state index in [1.54, 1.807) is 18.7 Å². The van der Waals surface area contributed by atoms with Gasteiger partial charge in [0.1, 0.15) is 5.56 Å². The van der Waals surface area contributed by atoms with E-state index in [9.17, 15) is 13.2 Å². The van der Waals surface area contributed by atoms with Crippen molar-refractivity contribution in [2.45, 2.75) is 18.9 Å². The van der Waals surface area contributed by atoms with E-state index in [1.807, 2.05) is 13.2 Å². The lowest BCUT2D eigenvalue weighted by molar-refractivity contribution is 0.0522. The summed E-state index contributed by atoms with van der Waals surface area (Å²) in [5.41, 5.74) is -0.0862. The molecule has 1 unspecified atom stereocenters. The van der Waals surface area contributed by atoms with Crippen molar-refractivity contribution in [1.29, 1.82) is 0 Å². The predicted molar refractivity (Wildman–Crippen MR) is 77.3 cm³/mol. The summed E-state index contributed by atoms with van der Waals surface area (Å²) in [7, 11) is -3.80. The van der Waals surface area contributed by atoms with Gasteiger partial charge in [0.25, 0.3) is 10.0 Å². The van der Waals surface area contributed by atoms with Crippen molar-refractivity contribution in [1.82, 2.24) is 14.9 Å². The van der Waals surface area contributed by atoms with Gasteiger partial charge >= 0.3 is 5.97 Å². The van der Waals surface area contributed by atoms with Crippen LogP contribution < -0.4 is 4.72 Å². The summed E-state index contributed by atoms with van der Waals surface area (Å²) in [5, 5.41) is 5.68. The molecule has 0 aromatic carbocycles. The lowest BCUT2D eigenvalue weighted by atomic mass is 10.2. The molecule has 1 atom stereocenters. The third-order valence-corrected chi connectivity index (χ3v) is 4.74. The van der Waals surface area contributed by atoms with Crippen molar-refractivity contribution < 1.29 is 17.9 Å². The summed E-state index contributed by atoms with van der Waals surface area (Å²) >= 11 is 1.64. The van der Waals surface area contributed by atoms with Crippen LogP contribution in [0.5, 0.6) is 0 Å². The number of hydrogen-bond donors (Lipinski definition) is 2. The van der Waals surface area contributed by atoms with Gasteiger partial charge in [0, 0.05) is 6.54 Å². The highest BCUT2D eigenvalue weighted by molar-refractivity contribution is 7.98. The van der Waals surface area contributed by atoms with Gasteiger partial charge in [-0.25, -0.2) is 17.9 Å². The van der Waals surface area contributed by atoms with Crippen molar-refractivity contribution in [2.75, 3.05) is 25.2 Å². The molecule has 0 spiro atoms. The number of carbonyl (C=O) groups excluding carboxylic acids is 1. The topological polar surface area (TPSA) is 101 Å². The number of ether oxygens (including phenoxy) is 1. The van der Waals surface area contributed by atoms with Crippen LogP contribution in [0.1, 0.15) is 24.2 Å². The maximum atomic E-state index is 12.1. The fourth-order valence-electron chi connectivity index (χ4n) is 1.50. The monoisotopic (exact) mass is 321 g/mol. The molecule has 0 aliphatic rings. The molecule has 114 valence electrons. The van der Waals surface area contributed by atoms with E-state index in [0.29, 0.717) is 6.54 Å². The van der Waals surface area contributed by atoms with Crippen LogP contribution >= 0.6 is 11.8 Å². The zero-order valence-corrected chi connectivity index (χ0v) is 13.3. The molecule has 0 saturated heterocycles. The summed E-state index contributed by atoms with van der Waals surface area (Å²) < 4.78 is 31.5. The zero-order valence-electron chi connectivity index (χ0n) is 11.7. The van der Waals surface area contributed by atoms with Gasteiger partial charge in [0.05, 0.1) is 12.8 Å². The minimum absolute atomic E-state index is 0.0862. The molecule has 0 bridgehead atoms. The molecule has 1 aromatic rings. The van der Waals surface area contributed by atoms with E-state index in [4.69, 9.17) is 4.74 Å². The standard InChI is InChI=1S/C11H19N3O4S2/c1-4-18-11(15)9-6-12-14-10(9)20(16,17)13-5-8(2)7-19-3/h6,8,13H,4-5,7H2,1-3H3,(H,12,14). The Morgan fingerprint density at radius 1 is 1.60 bits per heavy atom. The molecule has 1 aromatic heterocycles. The van der Waals surface area contributed by atoms with Gasteiger partial charge in [0.15, 0.2) is 5.03 Å². The summed E-state index contributed by atoms with van der Waals surface area (Å²) in [5.74, 6) is 0.323. The number of sulfonamides is 1. The van der Waals surface area contributed by atoms with Crippen LogP contribution in [0.4, 0.5) is 0 Å². The Kier molecular flexibility index (Phi) is 6.50. The number of carbonyl (C=O) groups is 1. The highest BCUT2D eigenvalue weighted by atomic mass is 32.2. The maximum absolute atomic E-state index is 12.1. The highest BCUT2D eigenvalue weighted by Gasteiger charge is 2.25. The van der Waals surface area contributed by atoms with Crippen LogP contribution in [0.3, 0.4) is 0 Å². The molecule has 1 rings (SSSR count). The Labute approximate surface area is 122 Å². The molecule has 20 heavy (non-hydrogen) atoms. The van der Waals surface area contributed by atoms with E-state index in [1.165, 1.54) is 0 Å². The van der Waals surface area contributed by atoms with Gasteiger partial charge < -0.3 is 4.74 Å². The second kappa shape index (κ2) is 7.65. The molecular weight excluding hydrogens is 302 g/mol. The van der Waals surface area contributed by atoms with E-state index < -0.39 is 16.0 Å². The van der Waals surface area contributed by atoms with Crippen molar-refractivity contribution >= 4 is 27.8 Å². The summed E-state index contributed by atoms with van der Waals surface area (Å²) in [6, 6.07) is 0. The molecule has 0 aliphatic heterocycles. The lowest BCUT2D eigenvalue weighted by Crippen LogP contribution is -2.30. The zero-order chi connectivity index (χ0) is 15.2. The molecule has 1 heterocycles. The van der Waals surface area contributed by atoms with Crippen LogP contribution in [0, 0.1) is 5.92 Å². The first kappa shape index (κ1) is 17.0. The largest absolute Gasteiger partial charge is 0.462 e. The molecular formula is C11H19N3O4S2. The van der Waals surface area contributed by atoms with Crippen molar-refractivity contribution in [2.24, 2.45) is 5.92 Å². The van der Waals surface area contributed by atoms with Crippen molar-refractivity contribution in [3.05, 3.63) is 11.8 Å². The van der Waals surface area contributed by atoms with Crippen LogP contribution in [0.15, 0.2) is 11.2 Å². The quantitative estimate of drug-likeness (QED) is 0.689. The predicted octanol–water partition coefficient (Wildman–Crippen LogP) is 0.864. The van der Waals surface area contributed by atoms with Gasteiger partial charge in [-0.15, -0.1) is 0 Å². The Bertz CT molecular complexity index is 542. The number of thioether (sulfide) groups is 1. The van der Waals surface area contributed by atoms with E-state index in [2.05, 4.69) is 14.9 Å². The molecule has 9 heteroatoms. The highest BCUT2D eigenvalue weighted by Crippen LogP contribution is 2.13. The average molecular weight is 321 g/mol. The average Bonchev–Trinajstić information content (AvgIpc) is 2.87. The Morgan fingerprint density at radius 3 is 2.90 bits per heavy atom. The Morgan fingerprint density at radius 2 is 2.30 bits per heavy atom. The summed E-state index contributed by atoms with van der Waals surface area (Å²) in [6.07, 6.45) is 3.11. The second-order valence-corrected chi connectivity index (χ2v) is 6.86. The first-order valence-electron chi connectivity index (χ1n) is 6.11.